The summed E-state index contributed by atoms with van der Waals surface area (Å²) in [5.74, 6) is 0.759. The van der Waals surface area contributed by atoms with Crippen LogP contribution in [0.1, 0.15) is 29.9 Å². The third-order valence-electron chi connectivity index (χ3n) is 3.00. The molecule has 1 heterocycles. The molecule has 0 saturated carbocycles. The fourth-order valence-electron chi connectivity index (χ4n) is 2.19. The minimum absolute atomic E-state index is 0.317. The maximum absolute atomic E-state index is 9.57. The van der Waals surface area contributed by atoms with Gasteiger partial charge < -0.3 is 10.4 Å². The molecule has 1 aliphatic rings. The molecule has 0 aromatic heterocycles. The highest BCUT2D eigenvalue weighted by atomic mass is 35.5. The number of piperidine rings is 1. The second-order valence-electron chi connectivity index (χ2n) is 4.21. The summed E-state index contributed by atoms with van der Waals surface area (Å²) < 4.78 is 0. The SMILES string of the molecule is Cc1cc(O)cc(C2CCCNC2)c1Cl. The maximum atomic E-state index is 9.57. The van der Waals surface area contributed by atoms with Crippen molar-refractivity contribution in [1.82, 2.24) is 5.32 Å². The summed E-state index contributed by atoms with van der Waals surface area (Å²) in [6.07, 6.45) is 2.32. The molecule has 1 aromatic rings. The second-order valence-corrected chi connectivity index (χ2v) is 4.59. The minimum Gasteiger partial charge on any atom is -0.508 e. The fourth-order valence-corrected chi connectivity index (χ4v) is 2.45. The summed E-state index contributed by atoms with van der Waals surface area (Å²) in [6.45, 7) is 3.98. The Labute approximate surface area is 95.3 Å². The average Bonchev–Trinajstić information content (AvgIpc) is 2.24. The number of hydrogen-bond donors (Lipinski definition) is 2. The van der Waals surface area contributed by atoms with Crippen molar-refractivity contribution in [3.05, 3.63) is 28.3 Å². The lowest BCUT2D eigenvalue weighted by Gasteiger charge is -2.24. The number of benzene rings is 1. The second kappa shape index (κ2) is 4.42. The number of phenols is 1. The van der Waals surface area contributed by atoms with E-state index in [0.717, 1.165) is 35.7 Å². The Morgan fingerprint density at radius 3 is 2.93 bits per heavy atom. The summed E-state index contributed by atoms with van der Waals surface area (Å²) in [6, 6.07) is 3.51. The fraction of sp³-hybridized carbons (Fsp3) is 0.500. The van der Waals surface area contributed by atoms with Gasteiger partial charge in [-0.05, 0) is 55.5 Å². The van der Waals surface area contributed by atoms with Gasteiger partial charge in [-0.25, -0.2) is 0 Å². The molecule has 82 valence electrons. The van der Waals surface area contributed by atoms with E-state index in [1.54, 1.807) is 12.1 Å². The summed E-state index contributed by atoms with van der Waals surface area (Å²) in [7, 11) is 0. The average molecular weight is 226 g/mol. The van der Waals surface area contributed by atoms with Crippen molar-refractivity contribution in [2.24, 2.45) is 0 Å². The molecule has 2 rings (SSSR count). The molecule has 0 aliphatic carbocycles. The van der Waals surface area contributed by atoms with Crippen LogP contribution < -0.4 is 5.32 Å². The highest BCUT2D eigenvalue weighted by Crippen LogP contribution is 2.34. The largest absolute Gasteiger partial charge is 0.508 e. The Balaban J connectivity index is 2.33. The number of nitrogens with one attached hydrogen (secondary N) is 1. The Kier molecular flexibility index (Phi) is 3.17. The van der Waals surface area contributed by atoms with Crippen LogP contribution in [0, 0.1) is 6.92 Å². The van der Waals surface area contributed by atoms with Crippen molar-refractivity contribution < 1.29 is 5.11 Å². The molecule has 2 N–H and O–H groups in total. The molecule has 1 aromatic carbocycles. The number of rotatable bonds is 1. The molecule has 1 aliphatic heterocycles. The molecule has 0 amide bonds. The van der Waals surface area contributed by atoms with E-state index in [9.17, 15) is 5.11 Å². The standard InChI is InChI=1S/C12H16ClNO/c1-8-5-10(15)6-11(12(8)13)9-3-2-4-14-7-9/h5-6,9,14-15H,2-4,7H2,1H3. The molecule has 1 saturated heterocycles. The van der Waals surface area contributed by atoms with Crippen LogP contribution in [0.2, 0.25) is 5.02 Å². The number of phenolic OH excluding ortho intramolecular Hbond substituents is 1. The van der Waals surface area contributed by atoms with Crippen molar-refractivity contribution in [1.29, 1.82) is 0 Å². The van der Waals surface area contributed by atoms with Gasteiger partial charge in [-0.1, -0.05) is 11.6 Å². The van der Waals surface area contributed by atoms with E-state index >= 15 is 0 Å². The molecule has 0 spiro atoms. The number of aryl methyl sites for hydroxylation is 1. The Morgan fingerprint density at radius 1 is 1.47 bits per heavy atom. The van der Waals surface area contributed by atoms with Crippen molar-refractivity contribution in [2.75, 3.05) is 13.1 Å². The quantitative estimate of drug-likeness (QED) is 0.771. The molecule has 1 fully saturated rings. The molecular formula is C12H16ClNO. The lowest BCUT2D eigenvalue weighted by molar-refractivity contribution is 0.452. The van der Waals surface area contributed by atoms with E-state index in [2.05, 4.69) is 5.32 Å². The summed E-state index contributed by atoms with van der Waals surface area (Å²) in [5.41, 5.74) is 2.04. The first kappa shape index (κ1) is 10.8. The highest BCUT2D eigenvalue weighted by Gasteiger charge is 2.19. The smallest absolute Gasteiger partial charge is 0.116 e. The molecule has 1 unspecified atom stereocenters. The van der Waals surface area contributed by atoms with Crippen molar-refractivity contribution in [3.8, 4) is 5.75 Å². The molecule has 0 bridgehead atoms. The monoisotopic (exact) mass is 225 g/mol. The lowest BCUT2D eigenvalue weighted by atomic mass is 9.90. The normalized spacial score (nSPS) is 21.6. The number of halogens is 1. The Hall–Kier alpha value is -0.730. The van der Waals surface area contributed by atoms with E-state index in [1.807, 2.05) is 6.92 Å². The van der Waals surface area contributed by atoms with Crippen molar-refractivity contribution in [2.45, 2.75) is 25.7 Å². The van der Waals surface area contributed by atoms with E-state index in [1.165, 1.54) is 6.42 Å². The zero-order valence-corrected chi connectivity index (χ0v) is 9.64. The third-order valence-corrected chi connectivity index (χ3v) is 3.52. The van der Waals surface area contributed by atoms with Gasteiger partial charge in [0.15, 0.2) is 0 Å². The Bertz CT molecular complexity index is 359. The van der Waals surface area contributed by atoms with Crippen LogP contribution in [-0.2, 0) is 0 Å². The van der Waals surface area contributed by atoms with Crippen LogP contribution in [0.25, 0.3) is 0 Å². The van der Waals surface area contributed by atoms with E-state index in [4.69, 9.17) is 11.6 Å². The van der Waals surface area contributed by atoms with E-state index < -0.39 is 0 Å². The van der Waals surface area contributed by atoms with E-state index in [-0.39, 0.29) is 0 Å². The van der Waals surface area contributed by atoms with Crippen LogP contribution >= 0.6 is 11.6 Å². The lowest BCUT2D eigenvalue weighted by Crippen LogP contribution is -2.28. The number of hydrogen-bond acceptors (Lipinski definition) is 2. The van der Waals surface area contributed by atoms with Gasteiger partial charge in [0.05, 0.1) is 0 Å². The predicted octanol–water partition coefficient (Wildman–Crippen LogP) is 2.82. The first-order chi connectivity index (χ1) is 7.18. The molecule has 3 heteroatoms. The van der Waals surface area contributed by atoms with Crippen LogP contribution in [0.4, 0.5) is 0 Å². The minimum atomic E-state index is 0.317. The van der Waals surface area contributed by atoms with Gasteiger partial charge in [0.2, 0.25) is 0 Å². The van der Waals surface area contributed by atoms with Crippen LogP contribution in [0.3, 0.4) is 0 Å². The van der Waals surface area contributed by atoms with Gasteiger partial charge in [0, 0.05) is 11.6 Å². The zero-order valence-electron chi connectivity index (χ0n) is 8.89. The van der Waals surface area contributed by atoms with Gasteiger partial charge in [-0.2, -0.15) is 0 Å². The van der Waals surface area contributed by atoms with Crippen molar-refractivity contribution in [3.63, 3.8) is 0 Å². The first-order valence-electron chi connectivity index (χ1n) is 5.38. The van der Waals surface area contributed by atoms with Crippen LogP contribution in [0.5, 0.6) is 5.75 Å². The molecule has 1 atom stereocenters. The first-order valence-corrected chi connectivity index (χ1v) is 5.76. The predicted molar refractivity (Wildman–Crippen MR) is 62.7 cm³/mol. The van der Waals surface area contributed by atoms with Gasteiger partial charge in [0.1, 0.15) is 5.75 Å². The molecule has 0 radical (unpaired) electrons. The topological polar surface area (TPSA) is 32.3 Å². The Morgan fingerprint density at radius 2 is 2.27 bits per heavy atom. The van der Waals surface area contributed by atoms with Crippen molar-refractivity contribution >= 4 is 11.6 Å². The highest BCUT2D eigenvalue weighted by molar-refractivity contribution is 6.32. The molecule has 15 heavy (non-hydrogen) atoms. The summed E-state index contributed by atoms with van der Waals surface area (Å²) >= 11 is 6.26. The number of aromatic hydroxyl groups is 1. The van der Waals surface area contributed by atoms with Gasteiger partial charge in [0.25, 0.3) is 0 Å². The summed E-state index contributed by atoms with van der Waals surface area (Å²) in [5, 5.41) is 13.7. The van der Waals surface area contributed by atoms with Crippen LogP contribution in [0.15, 0.2) is 12.1 Å². The molecular weight excluding hydrogens is 210 g/mol. The third kappa shape index (κ3) is 2.27. The van der Waals surface area contributed by atoms with Gasteiger partial charge in [-0.3, -0.25) is 0 Å². The van der Waals surface area contributed by atoms with Gasteiger partial charge in [-0.15, -0.1) is 0 Å². The maximum Gasteiger partial charge on any atom is 0.116 e. The molecule has 2 nitrogen and oxygen atoms in total. The summed E-state index contributed by atoms with van der Waals surface area (Å²) in [4.78, 5) is 0. The van der Waals surface area contributed by atoms with E-state index in [0.29, 0.717) is 11.7 Å². The van der Waals surface area contributed by atoms with Crippen LogP contribution in [-0.4, -0.2) is 18.2 Å². The van der Waals surface area contributed by atoms with Gasteiger partial charge >= 0.3 is 0 Å². The zero-order chi connectivity index (χ0) is 10.8.